The third kappa shape index (κ3) is 2.05. The molecule has 1 aliphatic carbocycles. The summed E-state index contributed by atoms with van der Waals surface area (Å²) in [6.07, 6.45) is 4.43. The Labute approximate surface area is 99.0 Å². The fourth-order valence-electron chi connectivity index (χ4n) is 2.18. The number of fused-ring (bicyclic) bond motifs is 1. The molecule has 0 bridgehead atoms. The van der Waals surface area contributed by atoms with Gasteiger partial charge in [0.25, 0.3) is 0 Å². The molecule has 0 fully saturated rings. The number of allylic oxidation sites excluding steroid dienone is 1. The first kappa shape index (κ1) is 11.7. The van der Waals surface area contributed by atoms with Crippen molar-refractivity contribution < 1.29 is 23.8 Å². The predicted octanol–water partition coefficient (Wildman–Crippen LogP) is 0.952. The minimum Gasteiger partial charge on any atom is -0.489 e. The summed E-state index contributed by atoms with van der Waals surface area (Å²) in [4.78, 5) is 22.9. The first-order valence-electron chi connectivity index (χ1n) is 5.39. The van der Waals surface area contributed by atoms with Crippen molar-refractivity contribution in [3.05, 3.63) is 23.5 Å². The zero-order chi connectivity index (χ0) is 12.4. The van der Waals surface area contributed by atoms with Gasteiger partial charge in [-0.05, 0) is 12.5 Å². The highest BCUT2D eigenvalue weighted by atomic mass is 16.5. The highest BCUT2D eigenvalue weighted by molar-refractivity contribution is 5.91. The number of hydrogen-bond acceptors (Lipinski definition) is 5. The van der Waals surface area contributed by atoms with E-state index in [1.54, 1.807) is 0 Å². The monoisotopic (exact) mass is 238 g/mol. The molecule has 17 heavy (non-hydrogen) atoms. The summed E-state index contributed by atoms with van der Waals surface area (Å²) >= 11 is 0. The SMILES string of the molecule is COC(=O)CC1=C(C(=O)OC)[C@@H]2CC=C[C@@H]2O1. The number of methoxy groups -OCH3 is 2. The van der Waals surface area contributed by atoms with E-state index in [0.717, 1.165) is 6.42 Å². The van der Waals surface area contributed by atoms with Gasteiger partial charge in [-0.1, -0.05) is 6.08 Å². The summed E-state index contributed by atoms with van der Waals surface area (Å²) in [7, 11) is 2.62. The Morgan fingerprint density at radius 3 is 2.82 bits per heavy atom. The van der Waals surface area contributed by atoms with Gasteiger partial charge < -0.3 is 14.2 Å². The Balaban J connectivity index is 2.24. The molecule has 0 saturated heterocycles. The number of carbonyl (C=O) groups excluding carboxylic acids is 2. The van der Waals surface area contributed by atoms with Crippen molar-refractivity contribution in [2.45, 2.75) is 18.9 Å². The molecular weight excluding hydrogens is 224 g/mol. The van der Waals surface area contributed by atoms with E-state index < -0.39 is 11.9 Å². The van der Waals surface area contributed by atoms with Gasteiger partial charge in [-0.2, -0.15) is 0 Å². The maximum absolute atomic E-state index is 11.7. The lowest BCUT2D eigenvalue weighted by molar-refractivity contribution is -0.140. The van der Waals surface area contributed by atoms with E-state index in [4.69, 9.17) is 9.47 Å². The van der Waals surface area contributed by atoms with Gasteiger partial charge in [-0.25, -0.2) is 4.79 Å². The van der Waals surface area contributed by atoms with Crippen LogP contribution in [0.3, 0.4) is 0 Å². The zero-order valence-electron chi connectivity index (χ0n) is 9.76. The molecule has 0 unspecified atom stereocenters. The third-order valence-corrected chi connectivity index (χ3v) is 3.00. The Bertz CT molecular complexity index is 407. The fourth-order valence-corrected chi connectivity index (χ4v) is 2.18. The molecule has 1 heterocycles. The quantitative estimate of drug-likeness (QED) is 0.541. The molecular formula is C12H14O5. The van der Waals surface area contributed by atoms with E-state index >= 15 is 0 Å². The summed E-state index contributed by atoms with van der Waals surface area (Å²) in [5.41, 5.74) is 0.466. The molecule has 5 heteroatoms. The second-order valence-electron chi connectivity index (χ2n) is 3.93. The summed E-state index contributed by atoms with van der Waals surface area (Å²) < 4.78 is 14.9. The second-order valence-corrected chi connectivity index (χ2v) is 3.93. The largest absolute Gasteiger partial charge is 0.489 e. The average Bonchev–Trinajstić information content (AvgIpc) is 2.87. The summed E-state index contributed by atoms with van der Waals surface area (Å²) in [6.45, 7) is 0. The van der Waals surface area contributed by atoms with Crippen LogP contribution in [0.15, 0.2) is 23.5 Å². The maximum Gasteiger partial charge on any atom is 0.337 e. The molecule has 2 aliphatic rings. The molecule has 0 aromatic rings. The van der Waals surface area contributed by atoms with Crippen LogP contribution < -0.4 is 0 Å². The van der Waals surface area contributed by atoms with Crippen molar-refractivity contribution in [1.29, 1.82) is 0 Å². The van der Waals surface area contributed by atoms with E-state index in [1.807, 2.05) is 12.2 Å². The van der Waals surface area contributed by atoms with Crippen molar-refractivity contribution in [2.75, 3.05) is 14.2 Å². The van der Waals surface area contributed by atoms with Crippen molar-refractivity contribution in [3.63, 3.8) is 0 Å². The van der Waals surface area contributed by atoms with Crippen LogP contribution >= 0.6 is 0 Å². The molecule has 0 spiro atoms. The minimum absolute atomic E-state index is 0.0258. The lowest BCUT2D eigenvalue weighted by Gasteiger charge is -2.09. The van der Waals surface area contributed by atoms with Gasteiger partial charge >= 0.3 is 11.9 Å². The molecule has 0 saturated carbocycles. The Morgan fingerprint density at radius 1 is 1.41 bits per heavy atom. The van der Waals surface area contributed by atoms with Gasteiger partial charge in [0.05, 0.1) is 19.8 Å². The van der Waals surface area contributed by atoms with Crippen LogP contribution in [0.4, 0.5) is 0 Å². The molecule has 0 aromatic carbocycles. The van der Waals surface area contributed by atoms with Gasteiger partial charge in [-0.3, -0.25) is 4.79 Å². The number of esters is 2. The van der Waals surface area contributed by atoms with Gasteiger partial charge in [0.1, 0.15) is 18.3 Å². The molecule has 0 amide bonds. The first-order valence-corrected chi connectivity index (χ1v) is 5.39. The van der Waals surface area contributed by atoms with E-state index in [2.05, 4.69) is 4.74 Å². The number of rotatable bonds is 3. The molecule has 2 rings (SSSR count). The fraction of sp³-hybridized carbons (Fsp3) is 0.500. The predicted molar refractivity (Wildman–Crippen MR) is 57.8 cm³/mol. The van der Waals surface area contributed by atoms with E-state index in [1.165, 1.54) is 14.2 Å². The van der Waals surface area contributed by atoms with Gasteiger partial charge in [0.2, 0.25) is 0 Å². The highest BCUT2D eigenvalue weighted by Gasteiger charge is 2.41. The third-order valence-electron chi connectivity index (χ3n) is 3.00. The molecule has 5 nitrogen and oxygen atoms in total. The molecule has 2 atom stereocenters. The standard InChI is InChI=1S/C12H14O5/c1-15-10(13)6-9-11(12(14)16-2)7-4-3-5-8(7)17-9/h3,5,7-8H,4,6H2,1-2H3/t7-,8+/m1/s1. The number of hydrogen-bond donors (Lipinski definition) is 0. The topological polar surface area (TPSA) is 61.8 Å². The van der Waals surface area contributed by atoms with Crippen LogP contribution in [-0.2, 0) is 23.8 Å². The van der Waals surface area contributed by atoms with Crippen LogP contribution in [0, 0.1) is 5.92 Å². The minimum atomic E-state index is -0.430. The second kappa shape index (κ2) is 4.61. The summed E-state index contributed by atoms with van der Waals surface area (Å²) in [5, 5.41) is 0. The summed E-state index contributed by atoms with van der Waals surface area (Å²) in [5.74, 6) is -0.504. The lowest BCUT2D eigenvalue weighted by Crippen LogP contribution is -2.16. The Kier molecular flexibility index (Phi) is 3.17. The van der Waals surface area contributed by atoms with Crippen LogP contribution in [0.5, 0.6) is 0 Å². The molecule has 1 aliphatic heterocycles. The van der Waals surface area contributed by atoms with E-state index in [-0.39, 0.29) is 18.4 Å². The van der Waals surface area contributed by atoms with Crippen molar-refractivity contribution >= 4 is 11.9 Å². The molecule has 0 radical (unpaired) electrons. The normalized spacial score (nSPS) is 25.5. The van der Waals surface area contributed by atoms with Crippen LogP contribution in [0.1, 0.15) is 12.8 Å². The van der Waals surface area contributed by atoms with Crippen molar-refractivity contribution in [2.24, 2.45) is 5.92 Å². The van der Waals surface area contributed by atoms with Crippen LogP contribution in [0.2, 0.25) is 0 Å². The molecule has 0 aromatic heterocycles. The van der Waals surface area contributed by atoms with Gasteiger partial charge in [0, 0.05) is 5.92 Å². The van der Waals surface area contributed by atoms with Gasteiger partial charge in [0.15, 0.2) is 0 Å². The lowest BCUT2D eigenvalue weighted by atomic mass is 9.95. The van der Waals surface area contributed by atoms with E-state index in [9.17, 15) is 9.59 Å². The first-order chi connectivity index (χ1) is 8.17. The Morgan fingerprint density at radius 2 is 2.18 bits per heavy atom. The zero-order valence-corrected chi connectivity index (χ0v) is 9.76. The number of ether oxygens (including phenoxy) is 3. The Hall–Kier alpha value is -1.78. The molecule has 92 valence electrons. The summed E-state index contributed by atoms with van der Waals surface area (Å²) in [6, 6.07) is 0. The van der Waals surface area contributed by atoms with Crippen LogP contribution in [-0.4, -0.2) is 32.3 Å². The van der Waals surface area contributed by atoms with Gasteiger partial charge in [-0.15, -0.1) is 0 Å². The van der Waals surface area contributed by atoms with Crippen LogP contribution in [0.25, 0.3) is 0 Å². The van der Waals surface area contributed by atoms with Crippen molar-refractivity contribution in [3.8, 4) is 0 Å². The highest BCUT2D eigenvalue weighted by Crippen LogP contribution is 2.40. The molecule has 0 N–H and O–H groups in total. The van der Waals surface area contributed by atoms with E-state index in [0.29, 0.717) is 11.3 Å². The van der Waals surface area contributed by atoms with Crippen molar-refractivity contribution in [1.82, 2.24) is 0 Å². The maximum atomic E-state index is 11.7. The number of carbonyl (C=O) groups is 2. The smallest absolute Gasteiger partial charge is 0.337 e. The average molecular weight is 238 g/mol.